The summed E-state index contributed by atoms with van der Waals surface area (Å²) in [4.78, 5) is 26.5. The van der Waals surface area contributed by atoms with Gasteiger partial charge >= 0.3 is 5.97 Å². The van der Waals surface area contributed by atoms with Gasteiger partial charge in [0.2, 0.25) is 0 Å². The third-order valence-electron chi connectivity index (χ3n) is 2.50. The average Bonchev–Trinajstić information content (AvgIpc) is 2.34. The predicted octanol–water partition coefficient (Wildman–Crippen LogP) is 1.97. The molecule has 1 heterocycles. The van der Waals surface area contributed by atoms with Crippen LogP contribution in [0.15, 0.2) is 18.3 Å². The Bertz CT molecular complexity index is 437. The molecule has 1 rings (SSSR count). The molecule has 0 saturated heterocycles. The number of halogens is 1. The van der Waals surface area contributed by atoms with E-state index < -0.39 is 17.8 Å². The largest absolute Gasteiger partial charge is 0.481 e. The fourth-order valence-corrected chi connectivity index (χ4v) is 1.73. The Labute approximate surface area is 110 Å². The smallest absolute Gasteiger partial charge is 0.308 e. The van der Waals surface area contributed by atoms with Crippen LogP contribution < -0.4 is 5.32 Å². The first kappa shape index (κ1) is 14.4. The lowest BCUT2D eigenvalue weighted by atomic mass is 10.0. The lowest BCUT2D eigenvalue weighted by Crippen LogP contribution is -2.33. The van der Waals surface area contributed by atoms with Gasteiger partial charge in [0.1, 0.15) is 5.15 Å². The lowest BCUT2D eigenvalue weighted by Gasteiger charge is -2.12. The summed E-state index contributed by atoms with van der Waals surface area (Å²) in [5.74, 6) is -1.89. The van der Waals surface area contributed by atoms with E-state index in [0.717, 1.165) is 6.42 Å². The van der Waals surface area contributed by atoms with Crippen molar-refractivity contribution in [2.45, 2.75) is 19.8 Å². The molecule has 1 aromatic heterocycles. The van der Waals surface area contributed by atoms with E-state index in [1.807, 2.05) is 6.92 Å². The maximum absolute atomic E-state index is 11.8. The molecule has 1 aromatic rings. The number of nitrogens with one attached hydrogen (secondary N) is 1. The summed E-state index contributed by atoms with van der Waals surface area (Å²) in [7, 11) is 0. The lowest BCUT2D eigenvalue weighted by molar-refractivity contribution is -0.141. The van der Waals surface area contributed by atoms with Crippen LogP contribution in [0.2, 0.25) is 5.15 Å². The number of carbonyl (C=O) groups excluding carboxylic acids is 1. The van der Waals surface area contributed by atoms with Gasteiger partial charge in [0.05, 0.1) is 11.5 Å². The second-order valence-electron chi connectivity index (χ2n) is 3.88. The molecule has 0 aliphatic carbocycles. The minimum Gasteiger partial charge on any atom is -0.481 e. The zero-order chi connectivity index (χ0) is 13.5. The second kappa shape index (κ2) is 6.96. The van der Waals surface area contributed by atoms with E-state index in [9.17, 15) is 9.59 Å². The van der Waals surface area contributed by atoms with Crippen molar-refractivity contribution in [3.05, 3.63) is 29.0 Å². The van der Waals surface area contributed by atoms with Gasteiger partial charge in [-0.05, 0) is 18.6 Å². The summed E-state index contributed by atoms with van der Waals surface area (Å²) in [5, 5.41) is 11.6. The van der Waals surface area contributed by atoms with Crippen LogP contribution in [0.25, 0.3) is 0 Å². The minimum atomic E-state index is -0.908. The Morgan fingerprint density at radius 3 is 2.83 bits per heavy atom. The number of hydrogen-bond acceptors (Lipinski definition) is 3. The quantitative estimate of drug-likeness (QED) is 0.775. The van der Waals surface area contributed by atoms with Gasteiger partial charge < -0.3 is 10.4 Å². The van der Waals surface area contributed by atoms with Crippen LogP contribution in [0.1, 0.15) is 30.1 Å². The highest BCUT2D eigenvalue weighted by Crippen LogP contribution is 2.12. The van der Waals surface area contributed by atoms with Gasteiger partial charge in [-0.1, -0.05) is 24.9 Å². The summed E-state index contributed by atoms with van der Waals surface area (Å²) < 4.78 is 0. The van der Waals surface area contributed by atoms with Gasteiger partial charge in [-0.3, -0.25) is 9.59 Å². The fourth-order valence-electron chi connectivity index (χ4n) is 1.53. The van der Waals surface area contributed by atoms with Crippen molar-refractivity contribution in [3.63, 3.8) is 0 Å². The monoisotopic (exact) mass is 270 g/mol. The van der Waals surface area contributed by atoms with Gasteiger partial charge in [0, 0.05) is 12.7 Å². The van der Waals surface area contributed by atoms with Crippen molar-refractivity contribution in [2.75, 3.05) is 6.54 Å². The molecule has 0 spiro atoms. The highest BCUT2D eigenvalue weighted by atomic mass is 35.5. The van der Waals surface area contributed by atoms with Gasteiger partial charge in [0.25, 0.3) is 5.91 Å². The normalized spacial score (nSPS) is 11.9. The number of hydrogen-bond donors (Lipinski definition) is 2. The zero-order valence-corrected chi connectivity index (χ0v) is 10.8. The molecule has 18 heavy (non-hydrogen) atoms. The van der Waals surface area contributed by atoms with Crippen LogP contribution in [0, 0.1) is 5.92 Å². The molecule has 0 fully saturated rings. The van der Waals surface area contributed by atoms with E-state index in [0.29, 0.717) is 6.42 Å². The molecule has 6 heteroatoms. The molecule has 0 aromatic carbocycles. The fraction of sp³-hybridized carbons (Fsp3) is 0.417. The number of aliphatic carboxylic acids is 1. The molecule has 2 N–H and O–H groups in total. The van der Waals surface area contributed by atoms with E-state index >= 15 is 0 Å². The second-order valence-corrected chi connectivity index (χ2v) is 4.23. The van der Waals surface area contributed by atoms with E-state index in [1.165, 1.54) is 6.20 Å². The van der Waals surface area contributed by atoms with Crippen molar-refractivity contribution in [2.24, 2.45) is 5.92 Å². The first-order valence-corrected chi connectivity index (χ1v) is 6.05. The standard InChI is InChI=1S/C12H15ClN2O3/c1-2-4-8(12(17)18)7-15-11(16)9-5-3-6-14-10(9)13/h3,5-6,8H,2,4,7H2,1H3,(H,15,16)(H,17,18). The van der Waals surface area contributed by atoms with Crippen LogP contribution in [-0.2, 0) is 4.79 Å². The third-order valence-corrected chi connectivity index (χ3v) is 2.80. The Balaban J connectivity index is 2.60. The molecule has 1 amide bonds. The summed E-state index contributed by atoms with van der Waals surface area (Å²) in [6.45, 7) is 1.99. The molecule has 0 radical (unpaired) electrons. The number of aromatic nitrogens is 1. The van der Waals surface area contributed by atoms with E-state index in [1.54, 1.807) is 12.1 Å². The first-order chi connectivity index (χ1) is 8.56. The molecular formula is C12H15ClN2O3. The molecule has 0 saturated carbocycles. The Hall–Kier alpha value is -1.62. The van der Waals surface area contributed by atoms with Gasteiger partial charge in [0.15, 0.2) is 0 Å². The maximum atomic E-state index is 11.8. The summed E-state index contributed by atoms with van der Waals surface area (Å²) in [6.07, 6.45) is 2.76. The van der Waals surface area contributed by atoms with Gasteiger partial charge in [-0.25, -0.2) is 4.98 Å². The summed E-state index contributed by atoms with van der Waals surface area (Å²) in [5.41, 5.74) is 0.250. The van der Waals surface area contributed by atoms with Crippen LogP contribution in [-0.4, -0.2) is 28.5 Å². The third kappa shape index (κ3) is 4.00. The van der Waals surface area contributed by atoms with E-state index in [-0.39, 0.29) is 17.3 Å². The van der Waals surface area contributed by atoms with Crippen molar-refractivity contribution >= 4 is 23.5 Å². The number of carbonyl (C=O) groups is 2. The molecule has 0 aliphatic heterocycles. The number of rotatable bonds is 6. The Morgan fingerprint density at radius 1 is 1.56 bits per heavy atom. The predicted molar refractivity (Wildman–Crippen MR) is 67.6 cm³/mol. The highest BCUT2D eigenvalue weighted by molar-refractivity contribution is 6.32. The van der Waals surface area contributed by atoms with Crippen LogP contribution in [0.5, 0.6) is 0 Å². The van der Waals surface area contributed by atoms with Crippen molar-refractivity contribution in [1.82, 2.24) is 10.3 Å². The highest BCUT2D eigenvalue weighted by Gasteiger charge is 2.18. The summed E-state index contributed by atoms with van der Waals surface area (Å²) in [6, 6.07) is 3.14. The number of pyridine rings is 1. The molecular weight excluding hydrogens is 256 g/mol. The Kier molecular flexibility index (Phi) is 5.58. The van der Waals surface area contributed by atoms with Crippen LogP contribution >= 0.6 is 11.6 Å². The number of carboxylic acid groups (broad SMARTS) is 1. The van der Waals surface area contributed by atoms with E-state index in [2.05, 4.69) is 10.3 Å². The first-order valence-electron chi connectivity index (χ1n) is 5.67. The maximum Gasteiger partial charge on any atom is 0.308 e. The molecule has 0 aliphatic rings. The van der Waals surface area contributed by atoms with Crippen molar-refractivity contribution in [3.8, 4) is 0 Å². The molecule has 1 atom stereocenters. The SMILES string of the molecule is CCCC(CNC(=O)c1cccnc1Cl)C(=O)O. The zero-order valence-electron chi connectivity index (χ0n) is 10.0. The number of nitrogens with zero attached hydrogens (tertiary/aromatic N) is 1. The molecule has 5 nitrogen and oxygen atoms in total. The molecule has 98 valence electrons. The number of amides is 1. The average molecular weight is 271 g/mol. The van der Waals surface area contributed by atoms with Gasteiger partial charge in [-0.15, -0.1) is 0 Å². The van der Waals surface area contributed by atoms with Crippen molar-refractivity contribution < 1.29 is 14.7 Å². The molecule has 1 unspecified atom stereocenters. The van der Waals surface area contributed by atoms with Gasteiger partial charge in [-0.2, -0.15) is 0 Å². The summed E-state index contributed by atoms with van der Waals surface area (Å²) >= 11 is 5.77. The molecule has 0 bridgehead atoms. The minimum absolute atomic E-state index is 0.0905. The van der Waals surface area contributed by atoms with Crippen LogP contribution in [0.3, 0.4) is 0 Å². The topological polar surface area (TPSA) is 79.3 Å². The van der Waals surface area contributed by atoms with E-state index in [4.69, 9.17) is 16.7 Å². The van der Waals surface area contributed by atoms with Crippen LogP contribution in [0.4, 0.5) is 0 Å². The number of carboxylic acids is 1. The Morgan fingerprint density at radius 2 is 2.28 bits per heavy atom. The van der Waals surface area contributed by atoms with Crippen molar-refractivity contribution in [1.29, 1.82) is 0 Å².